The Balaban J connectivity index is 0.000000675. The van der Waals surface area contributed by atoms with Gasteiger partial charge in [0.05, 0.1) is 18.6 Å². The summed E-state index contributed by atoms with van der Waals surface area (Å²) in [4.78, 5) is 23.3. The number of carbonyl (C=O) groups is 2. The standard InChI is InChI=1S/C17H27N3O5S.C2HF3O2/c1-24-13-3-10-20(14-17(21)19-11-8-18-9-12-19)26(22,23)16-6-4-15(25-2)5-7-16;3-2(4,5)1(6)7/h4-7,18H,3,8-14H2,1-2H3;(H,6,7). The lowest BCUT2D eigenvalue weighted by Gasteiger charge is -2.30. The first-order valence-electron chi connectivity index (χ1n) is 9.85. The van der Waals surface area contributed by atoms with Gasteiger partial charge in [0, 0.05) is 46.4 Å². The van der Waals surface area contributed by atoms with Gasteiger partial charge in [-0.15, -0.1) is 0 Å². The Hall–Kier alpha value is -2.42. The molecule has 0 spiro atoms. The average Bonchev–Trinajstić information content (AvgIpc) is 2.78. The first-order chi connectivity index (χ1) is 15.4. The van der Waals surface area contributed by atoms with Crippen molar-refractivity contribution in [2.45, 2.75) is 17.5 Å². The second kappa shape index (κ2) is 13.3. The number of carboxylic acid groups (broad SMARTS) is 1. The molecule has 14 heteroatoms. The highest BCUT2D eigenvalue weighted by molar-refractivity contribution is 7.89. The van der Waals surface area contributed by atoms with E-state index in [0.29, 0.717) is 31.9 Å². The number of rotatable bonds is 9. The molecule has 1 heterocycles. The summed E-state index contributed by atoms with van der Waals surface area (Å²) in [5, 5.41) is 10.3. The molecule has 1 amide bonds. The van der Waals surface area contributed by atoms with E-state index in [9.17, 15) is 26.4 Å². The summed E-state index contributed by atoms with van der Waals surface area (Å²) < 4.78 is 69.1. The number of carbonyl (C=O) groups excluding carboxylic acids is 1. The number of aliphatic carboxylic acids is 1. The number of nitrogens with one attached hydrogen (secondary N) is 1. The van der Waals surface area contributed by atoms with Crippen molar-refractivity contribution in [3.8, 4) is 5.75 Å². The molecule has 0 aliphatic carbocycles. The Kier molecular flexibility index (Phi) is 11.6. The second-order valence-corrected chi connectivity index (χ2v) is 8.73. The largest absolute Gasteiger partial charge is 0.497 e. The fourth-order valence-electron chi connectivity index (χ4n) is 2.73. The van der Waals surface area contributed by atoms with Crippen LogP contribution in [0.2, 0.25) is 0 Å². The van der Waals surface area contributed by atoms with Gasteiger partial charge in [-0.2, -0.15) is 17.5 Å². The lowest BCUT2D eigenvalue weighted by Crippen LogP contribution is -2.50. The number of ether oxygens (including phenoxy) is 2. The Morgan fingerprint density at radius 3 is 2.15 bits per heavy atom. The van der Waals surface area contributed by atoms with E-state index in [4.69, 9.17) is 19.4 Å². The van der Waals surface area contributed by atoms with E-state index in [2.05, 4.69) is 5.32 Å². The highest BCUT2D eigenvalue weighted by Crippen LogP contribution is 2.20. The van der Waals surface area contributed by atoms with Crippen LogP contribution in [0.25, 0.3) is 0 Å². The van der Waals surface area contributed by atoms with Crippen LogP contribution in [-0.2, 0) is 24.3 Å². The summed E-state index contributed by atoms with van der Waals surface area (Å²) in [6.07, 6.45) is -4.57. The van der Waals surface area contributed by atoms with Crippen molar-refractivity contribution >= 4 is 21.9 Å². The maximum atomic E-state index is 13.0. The molecule has 1 aromatic rings. The molecule has 0 unspecified atom stereocenters. The fourth-order valence-corrected chi connectivity index (χ4v) is 4.16. The van der Waals surface area contributed by atoms with Gasteiger partial charge in [0.25, 0.3) is 0 Å². The topological polar surface area (TPSA) is 125 Å². The van der Waals surface area contributed by atoms with Crippen LogP contribution in [0.15, 0.2) is 29.2 Å². The van der Waals surface area contributed by atoms with Crippen LogP contribution in [0.5, 0.6) is 5.75 Å². The van der Waals surface area contributed by atoms with Crippen molar-refractivity contribution in [2.24, 2.45) is 0 Å². The first-order valence-corrected chi connectivity index (χ1v) is 11.3. The van der Waals surface area contributed by atoms with Gasteiger partial charge in [-0.05, 0) is 30.7 Å². The van der Waals surface area contributed by atoms with Gasteiger partial charge in [0.15, 0.2) is 0 Å². The molecule has 1 saturated heterocycles. The summed E-state index contributed by atoms with van der Waals surface area (Å²) in [7, 11) is -0.697. The molecule has 0 aromatic heterocycles. The molecule has 10 nitrogen and oxygen atoms in total. The first kappa shape index (κ1) is 28.6. The van der Waals surface area contributed by atoms with Crippen LogP contribution in [0.1, 0.15) is 6.42 Å². The predicted molar refractivity (Wildman–Crippen MR) is 111 cm³/mol. The van der Waals surface area contributed by atoms with Gasteiger partial charge in [-0.1, -0.05) is 0 Å². The monoisotopic (exact) mass is 499 g/mol. The number of carboxylic acids is 1. The molecule has 0 saturated carbocycles. The minimum Gasteiger partial charge on any atom is -0.497 e. The summed E-state index contributed by atoms with van der Waals surface area (Å²) in [5.41, 5.74) is 0. The van der Waals surface area contributed by atoms with E-state index >= 15 is 0 Å². The Bertz CT molecular complexity index is 858. The second-order valence-electron chi connectivity index (χ2n) is 6.79. The van der Waals surface area contributed by atoms with Crippen LogP contribution < -0.4 is 10.1 Å². The van der Waals surface area contributed by atoms with Crippen LogP contribution in [0, 0.1) is 0 Å². The van der Waals surface area contributed by atoms with Crippen LogP contribution in [0.3, 0.4) is 0 Å². The van der Waals surface area contributed by atoms with Crippen molar-refractivity contribution in [1.29, 1.82) is 0 Å². The summed E-state index contributed by atoms with van der Waals surface area (Å²) >= 11 is 0. The average molecular weight is 500 g/mol. The number of halogens is 3. The molecular formula is C19H28F3N3O7S. The van der Waals surface area contributed by atoms with E-state index in [0.717, 1.165) is 13.1 Å². The van der Waals surface area contributed by atoms with E-state index < -0.39 is 22.2 Å². The van der Waals surface area contributed by atoms with Gasteiger partial charge in [0.2, 0.25) is 15.9 Å². The summed E-state index contributed by atoms with van der Waals surface area (Å²) in [5.74, 6) is -2.36. The minimum absolute atomic E-state index is 0.142. The molecule has 0 radical (unpaired) electrons. The van der Waals surface area contributed by atoms with E-state index in [1.54, 1.807) is 24.1 Å². The number of benzene rings is 1. The lowest BCUT2D eigenvalue weighted by atomic mass is 10.3. The molecular weight excluding hydrogens is 471 g/mol. The molecule has 2 rings (SSSR count). The van der Waals surface area contributed by atoms with E-state index in [1.165, 1.54) is 23.5 Å². The number of piperazine rings is 1. The van der Waals surface area contributed by atoms with Crippen molar-refractivity contribution in [3.05, 3.63) is 24.3 Å². The minimum atomic E-state index is -5.08. The van der Waals surface area contributed by atoms with E-state index in [-0.39, 0.29) is 23.9 Å². The van der Waals surface area contributed by atoms with Crippen LogP contribution in [0.4, 0.5) is 13.2 Å². The quantitative estimate of drug-likeness (QED) is 0.478. The number of hydrogen-bond donors (Lipinski definition) is 2. The number of amides is 1. The smallest absolute Gasteiger partial charge is 0.490 e. The number of sulfonamides is 1. The molecule has 1 aliphatic rings. The van der Waals surface area contributed by atoms with Crippen LogP contribution >= 0.6 is 0 Å². The molecule has 2 N–H and O–H groups in total. The highest BCUT2D eigenvalue weighted by Gasteiger charge is 2.38. The Morgan fingerprint density at radius 2 is 1.70 bits per heavy atom. The van der Waals surface area contributed by atoms with Gasteiger partial charge >= 0.3 is 12.1 Å². The molecule has 0 atom stereocenters. The fraction of sp³-hybridized carbons (Fsp3) is 0.579. The van der Waals surface area contributed by atoms with Crippen molar-refractivity contribution in [2.75, 3.05) is 60.1 Å². The SMILES string of the molecule is COCCCN(CC(=O)N1CCNCC1)S(=O)(=O)c1ccc(OC)cc1.O=C(O)C(F)(F)F. The number of nitrogens with zero attached hydrogens (tertiary/aromatic N) is 2. The van der Waals surface area contributed by atoms with Crippen LogP contribution in [-0.4, -0.2) is 101 Å². The van der Waals surface area contributed by atoms with Crippen molar-refractivity contribution in [3.63, 3.8) is 0 Å². The van der Waals surface area contributed by atoms with Gasteiger partial charge in [-0.25, -0.2) is 13.2 Å². The van der Waals surface area contributed by atoms with Gasteiger partial charge in [0.1, 0.15) is 5.75 Å². The third-order valence-corrected chi connectivity index (χ3v) is 6.34. The zero-order valence-corrected chi connectivity index (χ0v) is 19.1. The molecule has 0 bridgehead atoms. The molecule has 188 valence electrons. The van der Waals surface area contributed by atoms with Gasteiger partial charge < -0.3 is 24.8 Å². The van der Waals surface area contributed by atoms with Crippen molar-refractivity contribution in [1.82, 2.24) is 14.5 Å². The molecule has 33 heavy (non-hydrogen) atoms. The third-order valence-electron chi connectivity index (χ3n) is 4.48. The Morgan fingerprint density at radius 1 is 1.15 bits per heavy atom. The zero-order chi connectivity index (χ0) is 25.1. The Labute approximate surface area is 190 Å². The van der Waals surface area contributed by atoms with E-state index in [1.807, 2.05) is 0 Å². The summed E-state index contributed by atoms with van der Waals surface area (Å²) in [6.45, 7) is 3.11. The third kappa shape index (κ3) is 9.53. The zero-order valence-electron chi connectivity index (χ0n) is 18.3. The highest BCUT2D eigenvalue weighted by atomic mass is 32.2. The van der Waals surface area contributed by atoms with Gasteiger partial charge in [-0.3, -0.25) is 4.79 Å². The predicted octanol–water partition coefficient (Wildman–Crippen LogP) is 0.788. The maximum Gasteiger partial charge on any atom is 0.490 e. The normalized spacial score (nSPS) is 14.4. The van der Waals surface area contributed by atoms with Crippen molar-refractivity contribution < 1.29 is 45.8 Å². The number of methoxy groups -OCH3 is 2. The lowest BCUT2D eigenvalue weighted by molar-refractivity contribution is -0.192. The molecule has 1 aliphatic heterocycles. The summed E-state index contributed by atoms with van der Waals surface area (Å²) in [6, 6.07) is 6.18. The maximum absolute atomic E-state index is 13.0. The molecule has 1 aromatic carbocycles. The molecule has 1 fully saturated rings. The number of alkyl halides is 3. The number of hydrogen-bond acceptors (Lipinski definition) is 7.